The highest BCUT2D eigenvalue weighted by molar-refractivity contribution is 5.85. The molecule has 4 rings (SSSR count). The van der Waals surface area contributed by atoms with E-state index < -0.39 is 23.5 Å². The van der Waals surface area contributed by atoms with E-state index in [0.717, 1.165) is 50.0 Å². The number of carbonyl (C=O) groups is 1. The summed E-state index contributed by atoms with van der Waals surface area (Å²) in [4.78, 5) is 15.6. The molecular weight excluding hydrogens is 507 g/mol. The topological polar surface area (TPSA) is 50.8 Å². The van der Waals surface area contributed by atoms with Crippen LogP contribution < -0.4 is 10.1 Å². The number of amides is 1. The van der Waals surface area contributed by atoms with Crippen LogP contribution in [0.4, 0.5) is 22.0 Å². The predicted molar refractivity (Wildman–Crippen MR) is 131 cm³/mol. The number of benzene rings is 2. The van der Waals surface area contributed by atoms with Crippen LogP contribution in [0.5, 0.6) is 5.75 Å². The molecule has 208 valence electrons. The maximum absolute atomic E-state index is 13.8. The van der Waals surface area contributed by atoms with Crippen molar-refractivity contribution in [2.24, 2.45) is 5.92 Å². The summed E-state index contributed by atoms with van der Waals surface area (Å²) in [5.74, 6) is -1.94. The maximum atomic E-state index is 13.8. The molecule has 0 aromatic heterocycles. The van der Waals surface area contributed by atoms with Gasteiger partial charge in [0.25, 0.3) is 5.91 Å². The first-order chi connectivity index (χ1) is 17.9. The maximum Gasteiger partial charge on any atom is 0.573 e. The Labute approximate surface area is 219 Å². The van der Waals surface area contributed by atoms with E-state index in [1.807, 2.05) is 26.0 Å². The van der Waals surface area contributed by atoms with E-state index >= 15 is 0 Å². The molecule has 2 fully saturated rings. The summed E-state index contributed by atoms with van der Waals surface area (Å²) in [6.45, 7) is 5.79. The van der Waals surface area contributed by atoms with Crippen LogP contribution in [-0.4, -0.2) is 48.5 Å². The van der Waals surface area contributed by atoms with E-state index in [2.05, 4.69) is 15.0 Å². The molecule has 5 nitrogen and oxygen atoms in total. The first-order valence-corrected chi connectivity index (χ1v) is 12.9. The van der Waals surface area contributed by atoms with Crippen molar-refractivity contribution < 1.29 is 36.2 Å². The van der Waals surface area contributed by atoms with E-state index in [4.69, 9.17) is 4.74 Å². The molecule has 1 N–H and O–H groups in total. The summed E-state index contributed by atoms with van der Waals surface area (Å²) in [7, 11) is 0. The Hall–Kier alpha value is -2.72. The zero-order valence-electron chi connectivity index (χ0n) is 21.5. The Balaban J connectivity index is 1.32. The number of hydrogen-bond donors (Lipinski definition) is 1. The molecule has 2 atom stereocenters. The number of hydrogen-bond acceptors (Lipinski definition) is 4. The second-order valence-corrected chi connectivity index (χ2v) is 10.4. The van der Waals surface area contributed by atoms with Crippen LogP contribution in [0.2, 0.25) is 0 Å². The Kier molecular flexibility index (Phi) is 8.62. The Morgan fingerprint density at radius 2 is 1.76 bits per heavy atom. The van der Waals surface area contributed by atoms with Gasteiger partial charge in [-0.15, -0.1) is 13.2 Å². The van der Waals surface area contributed by atoms with Gasteiger partial charge in [0, 0.05) is 18.7 Å². The van der Waals surface area contributed by atoms with Gasteiger partial charge < -0.3 is 14.8 Å². The van der Waals surface area contributed by atoms with Gasteiger partial charge in [0.2, 0.25) is 0 Å². The number of nitrogens with zero attached hydrogens (tertiary/aromatic N) is 1. The molecule has 0 saturated carbocycles. The van der Waals surface area contributed by atoms with E-state index in [9.17, 15) is 26.7 Å². The quantitative estimate of drug-likeness (QED) is 0.442. The summed E-state index contributed by atoms with van der Waals surface area (Å²) in [5, 5.41) is 2.72. The average Bonchev–Trinajstić information content (AvgIpc) is 2.86. The first-order valence-electron chi connectivity index (χ1n) is 12.9. The molecule has 2 aliphatic heterocycles. The summed E-state index contributed by atoms with van der Waals surface area (Å²) in [5.41, 5.74) is 0.215. The van der Waals surface area contributed by atoms with Gasteiger partial charge in [-0.1, -0.05) is 26.0 Å². The van der Waals surface area contributed by atoms with Crippen molar-refractivity contribution in [2.75, 3.05) is 19.7 Å². The van der Waals surface area contributed by atoms with Gasteiger partial charge in [0.15, 0.2) is 0 Å². The minimum atomic E-state index is -4.95. The highest BCUT2D eigenvalue weighted by atomic mass is 19.4. The molecule has 2 aromatic rings. The van der Waals surface area contributed by atoms with Gasteiger partial charge in [0.05, 0.1) is 6.61 Å². The normalized spacial score (nSPS) is 23.4. The number of piperidine rings is 1. The minimum absolute atomic E-state index is 0.147. The van der Waals surface area contributed by atoms with Crippen LogP contribution in [0.25, 0.3) is 0 Å². The number of carbonyl (C=O) groups excluding carboxylic acids is 1. The molecule has 10 heteroatoms. The van der Waals surface area contributed by atoms with Crippen molar-refractivity contribution in [3.63, 3.8) is 0 Å². The van der Waals surface area contributed by atoms with Gasteiger partial charge in [-0.25, -0.2) is 8.78 Å². The molecule has 0 radical (unpaired) electrons. The lowest BCUT2D eigenvalue weighted by Gasteiger charge is -2.46. The van der Waals surface area contributed by atoms with Gasteiger partial charge >= 0.3 is 6.36 Å². The third kappa shape index (κ3) is 6.83. The molecule has 0 spiro atoms. The molecule has 38 heavy (non-hydrogen) atoms. The molecule has 1 amide bonds. The van der Waals surface area contributed by atoms with Crippen molar-refractivity contribution in [3.8, 4) is 5.75 Å². The average molecular weight is 541 g/mol. The number of nitrogens with one attached hydrogen (secondary N) is 1. The molecule has 2 aromatic carbocycles. The Bertz CT molecular complexity index is 1090. The van der Waals surface area contributed by atoms with E-state index in [1.54, 1.807) is 0 Å². The van der Waals surface area contributed by atoms with Crippen molar-refractivity contribution in [3.05, 3.63) is 65.2 Å². The molecular formula is C28H33F5N2O3. The standard InChI is InChI=1S/C28H33F5N2O3/c1-18(2)27(26(36)34-16-19-13-23(30)15-25(14-19)38-28(31,32)33)10-7-24(17-37-27)35-11-8-21(9-12-35)20-3-5-22(29)6-4-20/h3-6,13-15,18,21,24H,7-12,16-17H2,1-2H3,(H,34,36)/t24-,27+/m1/s1. The van der Waals surface area contributed by atoms with Gasteiger partial charge in [-0.3, -0.25) is 9.69 Å². The SMILES string of the molecule is CC(C)[C@]1(C(=O)NCc2cc(F)cc(OC(F)(F)F)c2)CC[C@@H](N2CCC(c3ccc(F)cc3)CC2)CO1. The number of alkyl halides is 3. The molecule has 0 aliphatic carbocycles. The molecule has 0 unspecified atom stereocenters. The predicted octanol–water partition coefficient (Wildman–Crippen LogP) is 5.93. The van der Waals surface area contributed by atoms with Crippen LogP contribution in [-0.2, 0) is 16.1 Å². The lowest BCUT2D eigenvalue weighted by molar-refractivity contribution is -0.274. The molecule has 0 bridgehead atoms. The zero-order valence-corrected chi connectivity index (χ0v) is 21.5. The van der Waals surface area contributed by atoms with Crippen molar-refractivity contribution in [2.45, 2.75) is 70.0 Å². The Morgan fingerprint density at radius 1 is 1.08 bits per heavy atom. The van der Waals surface area contributed by atoms with Gasteiger partial charge in [-0.05, 0) is 86.0 Å². The fraction of sp³-hybridized carbons (Fsp3) is 0.536. The van der Waals surface area contributed by atoms with Crippen LogP contribution in [0.1, 0.15) is 56.6 Å². The van der Waals surface area contributed by atoms with Crippen LogP contribution in [0, 0.1) is 17.6 Å². The fourth-order valence-corrected chi connectivity index (χ4v) is 5.55. The van der Waals surface area contributed by atoms with Gasteiger partial charge in [-0.2, -0.15) is 0 Å². The monoisotopic (exact) mass is 540 g/mol. The van der Waals surface area contributed by atoms with E-state index in [-0.39, 0.29) is 35.8 Å². The number of ether oxygens (including phenoxy) is 2. The lowest BCUT2D eigenvalue weighted by Crippen LogP contribution is -2.58. The smallest absolute Gasteiger partial charge is 0.406 e. The largest absolute Gasteiger partial charge is 0.573 e. The highest BCUT2D eigenvalue weighted by Crippen LogP contribution is 2.36. The van der Waals surface area contributed by atoms with E-state index in [1.165, 1.54) is 12.1 Å². The Morgan fingerprint density at radius 3 is 2.34 bits per heavy atom. The summed E-state index contributed by atoms with van der Waals surface area (Å²) in [6, 6.07) is 9.61. The minimum Gasteiger partial charge on any atom is -0.406 e. The summed E-state index contributed by atoms with van der Waals surface area (Å²) in [6.07, 6.45) is -1.77. The first kappa shape index (κ1) is 28.3. The lowest BCUT2D eigenvalue weighted by atomic mass is 9.80. The number of rotatable bonds is 7. The molecule has 2 aliphatic rings. The second kappa shape index (κ2) is 11.6. The summed E-state index contributed by atoms with van der Waals surface area (Å²) >= 11 is 0. The third-order valence-electron chi connectivity index (χ3n) is 7.70. The van der Waals surface area contributed by atoms with Crippen LogP contribution >= 0.6 is 0 Å². The number of halogens is 5. The van der Waals surface area contributed by atoms with Crippen LogP contribution in [0.15, 0.2) is 42.5 Å². The van der Waals surface area contributed by atoms with Crippen molar-refractivity contribution in [1.29, 1.82) is 0 Å². The summed E-state index contributed by atoms with van der Waals surface area (Å²) < 4.78 is 74.7. The van der Waals surface area contributed by atoms with Crippen molar-refractivity contribution >= 4 is 5.91 Å². The second-order valence-electron chi connectivity index (χ2n) is 10.4. The van der Waals surface area contributed by atoms with Crippen LogP contribution in [0.3, 0.4) is 0 Å². The molecule has 2 saturated heterocycles. The zero-order chi connectivity index (χ0) is 27.5. The van der Waals surface area contributed by atoms with Crippen molar-refractivity contribution in [1.82, 2.24) is 10.2 Å². The number of likely N-dealkylation sites (tertiary alicyclic amines) is 1. The van der Waals surface area contributed by atoms with Gasteiger partial charge in [0.1, 0.15) is 23.0 Å². The third-order valence-corrected chi connectivity index (χ3v) is 7.70. The fourth-order valence-electron chi connectivity index (χ4n) is 5.55. The highest BCUT2D eigenvalue weighted by Gasteiger charge is 2.46. The molecule has 2 heterocycles. The van der Waals surface area contributed by atoms with E-state index in [0.29, 0.717) is 25.0 Å².